The van der Waals surface area contributed by atoms with E-state index in [1.54, 1.807) is 0 Å². The van der Waals surface area contributed by atoms with Gasteiger partial charge in [0.15, 0.2) is 0 Å². The topological polar surface area (TPSA) is 3.24 Å². The quantitative estimate of drug-likeness (QED) is 0.154. The van der Waals surface area contributed by atoms with Gasteiger partial charge in [-0.25, -0.2) is 0 Å². The Balaban J connectivity index is 1.13. The van der Waals surface area contributed by atoms with Gasteiger partial charge < -0.3 is 4.90 Å². The predicted molar refractivity (Wildman–Crippen MR) is 287 cm³/mol. The molecule has 0 fully saturated rings. The molecular weight excluding hydrogens is 819 g/mol. The fourth-order valence-corrected chi connectivity index (χ4v) is 12.1. The van der Waals surface area contributed by atoms with Crippen molar-refractivity contribution >= 4 is 38.6 Å². The van der Waals surface area contributed by atoms with E-state index in [9.17, 15) is 0 Å². The fourth-order valence-electron chi connectivity index (χ4n) is 12.1. The molecule has 11 aromatic rings. The van der Waals surface area contributed by atoms with E-state index in [1.165, 1.54) is 111 Å². The van der Waals surface area contributed by atoms with Crippen molar-refractivity contribution in [2.24, 2.45) is 0 Å². The summed E-state index contributed by atoms with van der Waals surface area (Å²) < 4.78 is 0. The molecule has 0 unspecified atom stereocenters. The summed E-state index contributed by atoms with van der Waals surface area (Å²) in [5, 5.41) is 4.93. The van der Waals surface area contributed by atoms with Gasteiger partial charge in [-0.3, -0.25) is 0 Å². The van der Waals surface area contributed by atoms with Crippen LogP contribution in [0.15, 0.2) is 243 Å². The van der Waals surface area contributed by atoms with Crippen LogP contribution < -0.4 is 4.90 Å². The Kier molecular flexibility index (Phi) is 9.07. The van der Waals surface area contributed by atoms with E-state index in [-0.39, 0.29) is 5.41 Å². The zero-order valence-corrected chi connectivity index (χ0v) is 38.5. The maximum absolute atomic E-state index is 2.58. The molecule has 0 aromatic heterocycles. The molecule has 0 amide bonds. The van der Waals surface area contributed by atoms with Gasteiger partial charge in [0.05, 0.1) is 11.1 Å². The lowest BCUT2D eigenvalue weighted by Gasteiger charge is -2.35. The second kappa shape index (κ2) is 15.4. The zero-order valence-electron chi connectivity index (χ0n) is 38.5. The number of anilines is 3. The molecule has 0 N–H and O–H groups in total. The van der Waals surface area contributed by atoms with Crippen LogP contribution in [-0.4, -0.2) is 0 Å². The van der Waals surface area contributed by atoms with Gasteiger partial charge in [-0.15, -0.1) is 0 Å². The van der Waals surface area contributed by atoms with Crippen LogP contribution in [0.1, 0.15) is 52.8 Å². The van der Waals surface area contributed by atoms with E-state index >= 15 is 0 Å². The number of aryl methyl sites for hydroxylation is 1. The summed E-state index contributed by atoms with van der Waals surface area (Å²) in [5.41, 5.74) is 21.7. The summed E-state index contributed by atoms with van der Waals surface area (Å²) in [6, 6.07) is 90.9. The van der Waals surface area contributed by atoms with E-state index in [0.29, 0.717) is 0 Å². The van der Waals surface area contributed by atoms with Crippen molar-refractivity contribution in [2.45, 2.75) is 31.6 Å². The third kappa shape index (κ3) is 5.95. The first-order valence-corrected chi connectivity index (χ1v) is 23.9. The van der Waals surface area contributed by atoms with Crippen LogP contribution >= 0.6 is 0 Å². The molecule has 2 aliphatic carbocycles. The minimum absolute atomic E-state index is 0.184. The van der Waals surface area contributed by atoms with Crippen LogP contribution in [0.25, 0.3) is 66.1 Å². The summed E-state index contributed by atoms with van der Waals surface area (Å²) >= 11 is 0. The highest BCUT2D eigenvalue weighted by atomic mass is 15.1. The summed E-state index contributed by atoms with van der Waals surface area (Å²) in [6.45, 7) is 7.09. The summed E-state index contributed by atoms with van der Waals surface area (Å²) in [6.07, 6.45) is 0. The van der Waals surface area contributed by atoms with Gasteiger partial charge in [0, 0.05) is 22.4 Å². The lowest BCUT2D eigenvalue weighted by Crippen LogP contribution is -2.28. The van der Waals surface area contributed by atoms with Crippen molar-refractivity contribution in [1.29, 1.82) is 0 Å². The maximum Gasteiger partial charge on any atom is 0.0714 e. The molecule has 0 aliphatic heterocycles. The van der Waals surface area contributed by atoms with E-state index < -0.39 is 5.41 Å². The van der Waals surface area contributed by atoms with E-state index in [4.69, 9.17) is 0 Å². The molecule has 0 saturated carbocycles. The number of nitrogens with zero attached hydrogens (tertiary/aromatic N) is 1. The van der Waals surface area contributed by atoms with Crippen molar-refractivity contribution < 1.29 is 0 Å². The molecule has 0 heterocycles. The molecule has 2 aliphatic rings. The predicted octanol–water partition coefficient (Wildman–Crippen LogP) is 17.8. The van der Waals surface area contributed by atoms with E-state index in [1.807, 2.05) is 0 Å². The van der Waals surface area contributed by atoms with Crippen LogP contribution in [0.4, 0.5) is 17.1 Å². The third-order valence-electron chi connectivity index (χ3n) is 15.2. The van der Waals surface area contributed by atoms with Gasteiger partial charge in [-0.05, 0) is 149 Å². The first kappa shape index (κ1) is 40.1. The zero-order chi connectivity index (χ0) is 45.6. The Hall–Kier alpha value is -8.26. The number of benzene rings is 11. The molecule has 322 valence electrons. The fraction of sp³-hybridized carbons (Fsp3) is 0.0746. The molecule has 0 atom stereocenters. The number of hydrogen-bond donors (Lipinski definition) is 0. The van der Waals surface area contributed by atoms with Gasteiger partial charge in [0.25, 0.3) is 0 Å². The maximum atomic E-state index is 2.58. The normalized spacial score (nSPS) is 13.8. The summed E-state index contributed by atoms with van der Waals surface area (Å²) in [7, 11) is 0. The molecule has 0 spiro atoms. The van der Waals surface area contributed by atoms with Crippen molar-refractivity contribution in [3.63, 3.8) is 0 Å². The lowest BCUT2D eigenvalue weighted by molar-refractivity contribution is 0.660. The Bertz CT molecular complexity index is 3740. The molecule has 0 radical (unpaired) electrons. The van der Waals surface area contributed by atoms with Crippen molar-refractivity contribution in [3.8, 4) is 44.5 Å². The van der Waals surface area contributed by atoms with Crippen LogP contribution in [0.5, 0.6) is 0 Å². The van der Waals surface area contributed by atoms with Crippen molar-refractivity contribution in [3.05, 3.63) is 282 Å². The Morgan fingerprint density at radius 2 is 0.853 bits per heavy atom. The summed E-state index contributed by atoms with van der Waals surface area (Å²) in [4.78, 5) is 2.58. The van der Waals surface area contributed by atoms with Gasteiger partial charge in [0.1, 0.15) is 0 Å². The van der Waals surface area contributed by atoms with Gasteiger partial charge in [0.2, 0.25) is 0 Å². The number of fused-ring (bicyclic) bond motifs is 8. The first-order valence-electron chi connectivity index (χ1n) is 23.9. The molecule has 68 heavy (non-hydrogen) atoms. The van der Waals surface area contributed by atoms with Crippen LogP contribution in [0, 0.1) is 6.92 Å². The van der Waals surface area contributed by atoms with Crippen LogP contribution in [0.2, 0.25) is 0 Å². The minimum atomic E-state index is -0.550. The number of hydrogen-bond acceptors (Lipinski definition) is 1. The first-order chi connectivity index (χ1) is 33.4. The highest BCUT2D eigenvalue weighted by molar-refractivity contribution is 6.04. The highest BCUT2D eigenvalue weighted by Crippen LogP contribution is 2.58. The van der Waals surface area contributed by atoms with Crippen LogP contribution in [0.3, 0.4) is 0 Å². The minimum Gasteiger partial charge on any atom is -0.310 e. The number of rotatable bonds is 7. The van der Waals surface area contributed by atoms with Crippen molar-refractivity contribution in [2.75, 3.05) is 4.90 Å². The SMILES string of the molecule is Cc1cc(-c2ccc3ccccc3c2)cc(-c2cccc3ccccc23)c1N(c1ccc2c(c1)C(C)(C)c1ccccc1-2)c1ccc2c(c1)C(c1ccccc1)(c1ccccc1)c1ccccc1-2. The molecule has 11 aromatic carbocycles. The van der Waals surface area contributed by atoms with Gasteiger partial charge in [-0.1, -0.05) is 214 Å². The third-order valence-corrected chi connectivity index (χ3v) is 15.2. The molecular formula is C67H49N. The monoisotopic (exact) mass is 867 g/mol. The Morgan fingerprint density at radius 1 is 0.324 bits per heavy atom. The van der Waals surface area contributed by atoms with Crippen molar-refractivity contribution in [1.82, 2.24) is 0 Å². The average Bonchev–Trinajstić information content (AvgIpc) is 3.82. The lowest BCUT2D eigenvalue weighted by atomic mass is 9.67. The molecule has 0 bridgehead atoms. The second-order valence-electron chi connectivity index (χ2n) is 19.3. The van der Waals surface area contributed by atoms with Gasteiger partial charge in [-0.2, -0.15) is 0 Å². The standard InChI is InChI=1S/C67H49N/c1-44-39-49(48-34-33-45-19-10-11-21-47(45)40-48)41-60(55-30-18-22-46-20-12-13-27-54(46)55)65(44)68(52-35-37-58-56-28-14-16-31-61(56)66(2,3)63(58)42-52)53-36-38-59-57-29-15-17-32-62(57)67(64(59)43-53,50-23-6-4-7-24-50)51-25-8-5-9-26-51/h4-43H,1-3H3. The van der Waals surface area contributed by atoms with E-state index in [2.05, 4.69) is 268 Å². The molecule has 1 nitrogen and oxygen atoms in total. The van der Waals surface area contributed by atoms with E-state index in [0.717, 1.165) is 11.4 Å². The second-order valence-corrected chi connectivity index (χ2v) is 19.3. The smallest absolute Gasteiger partial charge is 0.0714 e. The summed E-state index contributed by atoms with van der Waals surface area (Å²) in [5.74, 6) is 0. The molecule has 0 saturated heterocycles. The highest BCUT2D eigenvalue weighted by Gasteiger charge is 2.46. The molecule has 13 rings (SSSR count). The Labute approximate surface area is 399 Å². The largest absolute Gasteiger partial charge is 0.310 e. The van der Waals surface area contributed by atoms with Crippen LogP contribution in [-0.2, 0) is 10.8 Å². The van der Waals surface area contributed by atoms with Gasteiger partial charge >= 0.3 is 0 Å². The molecule has 1 heteroatoms. The Morgan fingerprint density at radius 3 is 1.57 bits per heavy atom. The average molecular weight is 868 g/mol.